The summed E-state index contributed by atoms with van der Waals surface area (Å²) in [6, 6.07) is 11.0. The molecule has 1 fully saturated rings. The highest BCUT2D eigenvalue weighted by Crippen LogP contribution is 2.47. The van der Waals surface area contributed by atoms with Crippen molar-refractivity contribution in [2.45, 2.75) is 61.5 Å². The fourth-order valence-electron chi connectivity index (χ4n) is 6.93. The zero-order valence-electron chi connectivity index (χ0n) is 23.5. The van der Waals surface area contributed by atoms with Gasteiger partial charge < -0.3 is 19.1 Å². The lowest BCUT2D eigenvalue weighted by Crippen LogP contribution is -2.49. The SMILES string of the molecule is CO[C@@H]1/C=C\CO[C@@H](C)C(=O)NS(=O)(=O)c2ccc3c(c2)N(C[C@@H]2CC[C@H]21)C[C@@]1(CCCc2cc(Cl)ccc21)CO3. The molecule has 4 aliphatic rings. The van der Waals surface area contributed by atoms with Crippen LogP contribution in [0.25, 0.3) is 0 Å². The highest BCUT2D eigenvalue weighted by molar-refractivity contribution is 7.90. The van der Waals surface area contributed by atoms with E-state index < -0.39 is 22.0 Å². The van der Waals surface area contributed by atoms with Crippen molar-refractivity contribution in [3.8, 4) is 5.75 Å². The van der Waals surface area contributed by atoms with E-state index >= 15 is 0 Å². The quantitative estimate of drug-likeness (QED) is 0.477. The Morgan fingerprint density at radius 3 is 2.80 bits per heavy atom. The molecule has 1 N–H and O–H groups in total. The van der Waals surface area contributed by atoms with Gasteiger partial charge in [0.1, 0.15) is 11.9 Å². The van der Waals surface area contributed by atoms with Crippen LogP contribution in [-0.4, -0.2) is 59.9 Å². The van der Waals surface area contributed by atoms with Crippen molar-refractivity contribution < 1.29 is 27.4 Å². The summed E-state index contributed by atoms with van der Waals surface area (Å²) in [6.07, 6.45) is 7.91. The number of ether oxygens (including phenoxy) is 3. The second-order valence-corrected chi connectivity index (χ2v) is 13.9. The number of nitrogens with one attached hydrogen (secondary N) is 1. The zero-order valence-corrected chi connectivity index (χ0v) is 25.0. The summed E-state index contributed by atoms with van der Waals surface area (Å²) >= 11 is 6.38. The number of anilines is 1. The second-order valence-electron chi connectivity index (χ2n) is 11.8. The molecule has 10 heteroatoms. The van der Waals surface area contributed by atoms with E-state index in [1.807, 2.05) is 18.2 Å². The van der Waals surface area contributed by atoms with Crippen LogP contribution in [0.4, 0.5) is 5.69 Å². The number of amides is 1. The molecular formula is C31H37ClN2O6S. The molecule has 1 amide bonds. The van der Waals surface area contributed by atoms with Gasteiger partial charge in [-0.2, -0.15) is 0 Å². The molecule has 1 spiro atoms. The lowest BCUT2D eigenvalue weighted by atomic mass is 9.68. The minimum absolute atomic E-state index is 0.0177. The van der Waals surface area contributed by atoms with Crippen LogP contribution in [0.15, 0.2) is 53.4 Å². The van der Waals surface area contributed by atoms with Gasteiger partial charge in [-0.1, -0.05) is 29.8 Å². The molecule has 8 nitrogen and oxygen atoms in total. The Hall–Kier alpha value is -2.59. The molecule has 2 aliphatic heterocycles. The number of halogens is 1. The number of methoxy groups -OCH3 is 1. The van der Waals surface area contributed by atoms with Gasteiger partial charge in [0.15, 0.2) is 0 Å². The first-order chi connectivity index (χ1) is 19.7. The van der Waals surface area contributed by atoms with Crippen molar-refractivity contribution in [2.75, 3.05) is 38.3 Å². The normalized spacial score (nSPS) is 32.0. The Morgan fingerprint density at radius 2 is 2.02 bits per heavy atom. The average molecular weight is 601 g/mol. The number of rotatable bonds is 1. The third kappa shape index (κ3) is 5.49. The molecule has 0 unspecified atom stereocenters. The van der Waals surface area contributed by atoms with Gasteiger partial charge in [-0.05, 0) is 92.3 Å². The summed E-state index contributed by atoms with van der Waals surface area (Å²) in [5.74, 6) is 0.601. The molecule has 2 bridgehead atoms. The first-order valence-corrected chi connectivity index (χ1v) is 16.2. The molecule has 2 aromatic carbocycles. The molecule has 2 aromatic rings. The highest BCUT2D eigenvalue weighted by atomic mass is 35.5. The third-order valence-electron chi connectivity index (χ3n) is 9.32. The number of aryl methyl sites for hydroxylation is 1. The van der Waals surface area contributed by atoms with Gasteiger partial charge >= 0.3 is 0 Å². The molecule has 220 valence electrons. The van der Waals surface area contributed by atoms with Gasteiger partial charge in [-0.3, -0.25) is 4.79 Å². The molecule has 5 atom stereocenters. The molecule has 1 saturated carbocycles. The van der Waals surface area contributed by atoms with E-state index in [0.29, 0.717) is 30.7 Å². The summed E-state index contributed by atoms with van der Waals surface area (Å²) in [4.78, 5) is 15.1. The lowest BCUT2D eigenvalue weighted by molar-refractivity contribution is -0.129. The summed E-state index contributed by atoms with van der Waals surface area (Å²) < 4.78 is 46.9. The molecule has 41 heavy (non-hydrogen) atoms. The van der Waals surface area contributed by atoms with Crippen molar-refractivity contribution in [1.82, 2.24) is 4.72 Å². The fourth-order valence-corrected chi connectivity index (χ4v) is 8.19. The number of carbonyl (C=O) groups is 1. The molecule has 0 saturated heterocycles. The van der Waals surface area contributed by atoms with Crippen LogP contribution < -0.4 is 14.4 Å². The van der Waals surface area contributed by atoms with Crippen molar-refractivity contribution in [2.24, 2.45) is 11.8 Å². The second kappa shape index (κ2) is 11.2. The van der Waals surface area contributed by atoms with Gasteiger partial charge in [0.25, 0.3) is 15.9 Å². The Balaban J connectivity index is 1.44. The van der Waals surface area contributed by atoms with Crippen LogP contribution >= 0.6 is 11.6 Å². The van der Waals surface area contributed by atoms with Crippen molar-refractivity contribution >= 4 is 33.2 Å². The van der Waals surface area contributed by atoms with Crippen LogP contribution in [0, 0.1) is 11.8 Å². The van der Waals surface area contributed by atoms with Gasteiger partial charge in [0, 0.05) is 30.6 Å². The molecule has 0 radical (unpaired) electrons. The number of hydrogen-bond acceptors (Lipinski definition) is 7. The van der Waals surface area contributed by atoms with E-state index in [9.17, 15) is 13.2 Å². The van der Waals surface area contributed by atoms with Crippen LogP contribution in [0.3, 0.4) is 0 Å². The predicted molar refractivity (Wildman–Crippen MR) is 157 cm³/mol. The number of hydrogen-bond donors (Lipinski definition) is 1. The molecular weight excluding hydrogens is 564 g/mol. The number of nitrogens with zero attached hydrogens (tertiary/aromatic N) is 1. The van der Waals surface area contributed by atoms with Crippen LogP contribution in [0.5, 0.6) is 5.75 Å². The predicted octanol–water partition coefficient (Wildman–Crippen LogP) is 4.63. The number of sulfonamides is 1. The molecule has 6 rings (SSSR count). The van der Waals surface area contributed by atoms with E-state index in [-0.39, 0.29) is 23.0 Å². The Morgan fingerprint density at radius 1 is 1.17 bits per heavy atom. The summed E-state index contributed by atoms with van der Waals surface area (Å²) in [5, 5.41) is 0.733. The number of fused-ring (bicyclic) bond motifs is 4. The minimum atomic E-state index is -4.13. The van der Waals surface area contributed by atoms with Crippen molar-refractivity contribution in [1.29, 1.82) is 0 Å². The monoisotopic (exact) mass is 600 g/mol. The summed E-state index contributed by atoms with van der Waals surface area (Å²) in [6.45, 7) is 3.63. The van der Waals surface area contributed by atoms with Gasteiger partial charge in [-0.15, -0.1) is 0 Å². The largest absolute Gasteiger partial charge is 0.490 e. The first-order valence-electron chi connectivity index (χ1n) is 14.4. The van der Waals surface area contributed by atoms with Crippen LogP contribution in [-0.2, 0) is 36.1 Å². The van der Waals surface area contributed by atoms with Crippen molar-refractivity contribution in [3.63, 3.8) is 0 Å². The zero-order chi connectivity index (χ0) is 28.8. The van der Waals surface area contributed by atoms with Gasteiger partial charge in [0.05, 0.1) is 29.9 Å². The maximum Gasteiger partial charge on any atom is 0.264 e. The fraction of sp³-hybridized carbons (Fsp3) is 0.516. The molecule has 0 aromatic heterocycles. The standard InChI is InChI=1S/C31H37ClN2O6S/c1-20-30(35)33-41(36,37)24-9-12-29-27(16-24)34(17-22-7-10-25(22)28(38-2)6-4-14-39-20)18-31(19-40-29)13-3-5-21-15-23(32)8-11-26(21)31/h4,6,8-9,11-12,15-16,20,22,25,28H,3,5,7,10,13-14,17-19H2,1-2H3,(H,33,35)/b6-4-/t20-,22-,25+,28+,31-/m0/s1. The molecule has 2 aliphatic carbocycles. The van der Waals surface area contributed by atoms with Gasteiger partial charge in [0.2, 0.25) is 0 Å². The Bertz CT molecular complexity index is 1460. The maximum absolute atomic E-state index is 13.3. The minimum Gasteiger partial charge on any atom is -0.490 e. The van der Waals surface area contributed by atoms with Gasteiger partial charge in [-0.25, -0.2) is 13.1 Å². The number of carbonyl (C=O) groups excluding carboxylic acids is 1. The Labute approximate surface area is 247 Å². The third-order valence-corrected chi connectivity index (χ3v) is 10.9. The highest BCUT2D eigenvalue weighted by Gasteiger charge is 2.44. The Kier molecular flexibility index (Phi) is 7.82. The molecule has 2 heterocycles. The van der Waals surface area contributed by atoms with E-state index in [2.05, 4.69) is 21.8 Å². The van der Waals surface area contributed by atoms with E-state index in [4.69, 9.17) is 25.8 Å². The van der Waals surface area contributed by atoms with E-state index in [0.717, 1.165) is 49.4 Å². The van der Waals surface area contributed by atoms with E-state index in [1.54, 1.807) is 26.2 Å². The summed E-state index contributed by atoms with van der Waals surface area (Å²) in [7, 11) is -2.40. The van der Waals surface area contributed by atoms with Crippen LogP contribution in [0.1, 0.15) is 43.7 Å². The first kappa shape index (κ1) is 28.5. The lowest BCUT2D eigenvalue weighted by Gasteiger charge is -2.46. The average Bonchev–Trinajstić information content (AvgIpc) is 3.08. The number of benzene rings is 2. The summed E-state index contributed by atoms with van der Waals surface area (Å²) in [5.41, 5.74) is 2.97. The maximum atomic E-state index is 13.3. The van der Waals surface area contributed by atoms with Crippen LogP contribution in [0.2, 0.25) is 5.02 Å². The van der Waals surface area contributed by atoms with E-state index in [1.165, 1.54) is 17.2 Å². The smallest absolute Gasteiger partial charge is 0.264 e. The van der Waals surface area contributed by atoms with Crippen molar-refractivity contribution in [3.05, 3.63) is 64.7 Å². The topological polar surface area (TPSA) is 94.2 Å².